The Balaban J connectivity index is 2.33. The van der Waals surface area contributed by atoms with Crippen molar-refractivity contribution in [2.24, 2.45) is 0 Å². The number of aromatic carboxylic acids is 1. The minimum Gasteiger partial charge on any atom is -0.478 e. The van der Waals surface area contributed by atoms with Gasteiger partial charge in [0.2, 0.25) is 10.0 Å². The fourth-order valence-electron chi connectivity index (χ4n) is 1.98. The Kier molecular flexibility index (Phi) is 4.39. The van der Waals surface area contributed by atoms with Gasteiger partial charge in [-0.25, -0.2) is 22.3 Å². The molecule has 0 unspecified atom stereocenters. The summed E-state index contributed by atoms with van der Waals surface area (Å²) in [4.78, 5) is 10.1. The standard InChI is InChI=1S/C12H13BrFNO5S/c13-7-4-8(11(16)17)10(14)9(5-7)21(19,20)15-6-12(18)2-1-3-12/h4-5,15,18H,1-3,6H2,(H,16,17). The van der Waals surface area contributed by atoms with E-state index in [-0.39, 0.29) is 11.0 Å². The molecule has 3 N–H and O–H groups in total. The Hall–Kier alpha value is -1.03. The molecule has 0 saturated heterocycles. The van der Waals surface area contributed by atoms with Gasteiger partial charge < -0.3 is 10.2 Å². The smallest absolute Gasteiger partial charge is 0.338 e. The van der Waals surface area contributed by atoms with Gasteiger partial charge >= 0.3 is 5.97 Å². The van der Waals surface area contributed by atoms with Crippen LogP contribution in [0.4, 0.5) is 4.39 Å². The molecule has 0 atom stereocenters. The van der Waals surface area contributed by atoms with E-state index in [0.29, 0.717) is 12.8 Å². The van der Waals surface area contributed by atoms with Crippen LogP contribution in [0.5, 0.6) is 0 Å². The summed E-state index contributed by atoms with van der Waals surface area (Å²) in [6, 6.07) is 1.96. The van der Waals surface area contributed by atoms with E-state index < -0.39 is 37.9 Å². The highest BCUT2D eigenvalue weighted by Crippen LogP contribution is 2.31. The molecule has 0 bridgehead atoms. The van der Waals surface area contributed by atoms with E-state index in [4.69, 9.17) is 5.11 Å². The number of rotatable bonds is 5. The minimum absolute atomic E-state index is 0.129. The average molecular weight is 382 g/mol. The van der Waals surface area contributed by atoms with Gasteiger partial charge in [-0.1, -0.05) is 15.9 Å². The number of hydrogen-bond donors (Lipinski definition) is 3. The average Bonchev–Trinajstić information content (AvgIpc) is 2.36. The molecule has 0 radical (unpaired) electrons. The van der Waals surface area contributed by atoms with E-state index in [2.05, 4.69) is 20.7 Å². The highest BCUT2D eigenvalue weighted by molar-refractivity contribution is 9.10. The third-order valence-electron chi connectivity index (χ3n) is 3.40. The lowest BCUT2D eigenvalue weighted by molar-refractivity contribution is -0.0271. The van der Waals surface area contributed by atoms with E-state index in [1.807, 2.05) is 0 Å². The number of carbonyl (C=O) groups is 1. The first-order valence-corrected chi connectivity index (χ1v) is 8.37. The lowest BCUT2D eigenvalue weighted by Gasteiger charge is -2.36. The number of benzene rings is 1. The molecule has 1 aliphatic rings. The molecule has 0 amide bonds. The second-order valence-electron chi connectivity index (χ2n) is 4.97. The van der Waals surface area contributed by atoms with Crippen LogP contribution < -0.4 is 4.72 Å². The summed E-state index contributed by atoms with van der Waals surface area (Å²) in [5.74, 6) is -2.90. The van der Waals surface area contributed by atoms with Gasteiger partial charge in [-0.2, -0.15) is 0 Å². The van der Waals surface area contributed by atoms with Crippen LogP contribution in [0.15, 0.2) is 21.5 Å². The summed E-state index contributed by atoms with van der Waals surface area (Å²) < 4.78 is 40.5. The molecular formula is C12H13BrFNO5S. The number of carboxylic acids is 1. The monoisotopic (exact) mass is 381 g/mol. The van der Waals surface area contributed by atoms with E-state index in [1.54, 1.807) is 0 Å². The highest BCUT2D eigenvalue weighted by atomic mass is 79.9. The molecule has 0 aliphatic heterocycles. The first kappa shape index (κ1) is 16.3. The Labute approximate surface area is 129 Å². The lowest BCUT2D eigenvalue weighted by atomic mass is 9.81. The molecule has 1 aromatic rings. The van der Waals surface area contributed by atoms with Crippen LogP contribution in [0, 0.1) is 5.82 Å². The summed E-state index contributed by atoms with van der Waals surface area (Å²) in [5.41, 5.74) is -1.85. The van der Waals surface area contributed by atoms with E-state index in [1.165, 1.54) is 0 Å². The van der Waals surface area contributed by atoms with Crippen molar-refractivity contribution in [2.45, 2.75) is 29.8 Å². The van der Waals surface area contributed by atoms with Crippen LogP contribution in [0.2, 0.25) is 0 Å². The van der Waals surface area contributed by atoms with Gasteiger partial charge in [0.1, 0.15) is 4.90 Å². The van der Waals surface area contributed by atoms with Crippen molar-refractivity contribution in [3.63, 3.8) is 0 Å². The quantitative estimate of drug-likeness (QED) is 0.716. The number of hydrogen-bond acceptors (Lipinski definition) is 4. The Morgan fingerprint density at radius 3 is 2.52 bits per heavy atom. The second kappa shape index (κ2) is 5.64. The molecule has 0 heterocycles. The van der Waals surface area contributed by atoms with Crippen LogP contribution in [-0.4, -0.2) is 36.7 Å². The zero-order valence-corrected chi connectivity index (χ0v) is 13.2. The first-order chi connectivity index (χ1) is 9.65. The van der Waals surface area contributed by atoms with Crippen molar-refractivity contribution in [3.8, 4) is 0 Å². The van der Waals surface area contributed by atoms with Crippen molar-refractivity contribution < 1.29 is 27.8 Å². The predicted octanol–water partition coefficient (Wildman–Crippen LogP) is 1.48. The molecule has 1 aliphatic carbocycles. The SMILES string of the molecule is O=C(O)c1cc(Br)cc(S(=O)(=O)NCC2(O)CCC2)c1F. The fraction of sp³-hybridized carbons (Fsp3) is 0.417. The maximum absolute atomic E-state index is 14.0. The highest BCUT2D eigenvalue weighted by Gasteiger charge is 2.36. The molecular weight excluding hydrogens is 369 g/mol. The van der Waals surface area contributed by atoms with E-state index >= 15 is 0 Å². The van der Waals surface area contributed by atoms with E-state index in [9.17, 15) is 22.7 Å². The largest absolute Gasteiger partial charge is 0.478 e. The van der Waals surface area contributed by atoms with Gasteiger partial charge in [0.15, 0.2) is 5.82 Å². The fourth-order valence-corrected chi connectivity index (χ4v) is 3.84. The molecule has 6 nitrogen and oxygen atoms in total. The molecule has 0 aromatic heterocycles. The van der Waals surface area contributed by atoms with Crippen molar-refractivity contribution in [1.29, 1.82) is 0 Å². The van der Waals surface area contributed by atoms with Gasteiger partial charge in [-0.15, -0.1) is 0 Å². The van der Waals surface area contributed by atoms with Crippen molar-refractivity contribution >= 4 is 31.9 Å². The first-order valence-electron chi connectivity index (χ1n) is 6.09. The Morgan fingerprint density at radius 2 is 2.05 bits per heavy atom. The van der Waals surface area contributed by atoms with Crippen molar-refractivity contribution in [3.05, 3.63) is 28.0 Å². The van der Waals surface area contributed by atoms with Gasteiger partial charge in [-0.05, 0) is 31.4 Å². The molecule has 1 aromatic carbocycles. The predicted molar refractivity (Wildman–Crippen MR) is 75.0 cm³/mol. The summed E-state index contributed by atoms with van der Waals surface area (Å²) in [6.07, 6.45) is 1.74. The maximum Gasteiger partial charge on any atom is 0.338 e. The van der Waals surface area contributed by atoms with Crippen molar-refractivity contribution in [2.75, 3.05) is 6.54 Å². The van der Waals surface area contributed by atoms with Crippen LogP contribution in [0.25, 0.3) is 0 Å². The molecule has 0 spiro atoms. The minimum atomic E-state index is -4.26. The zero-order chi connectivity index (χ0) is 15.8. The number of nitrogens with one attached hydrogen (secondary N) is 1. The van der Waals surface area contributed by atoms with E-state index in [0.717, 1.165) is 18.6 Å². The van der Waals surface area contributed by atoms with Gasteiger partial charge in [0.25, 0.3) is 0 Å². The summed E-state index contributed by atoms with van der Waals surface area (Å²) in [6.45, 7) is -0.232. The van der Waals surface area contributed by atoms with Crippen LogP contribution in [-0.2, 0) is 10.0 Å². The van der Waals surface area contributed by atoms with Gasteiger partial charge in [-0.3, -0.25) is 0 Å². The number of carboxylic acid groups (broad SMARTS) is 1. The summed E-state index contributed by atoms with van der Waals surface area (Å²) in [7, 11) is -4.26. The molecule has 9 heteroatoms. The van der Waals surface area contributed by atoms with Crippen LogP contribution >= 0.6 is 15.9 Å². The summed E-state index contributed by atoms with van der Waals surface area (Å²) in [5, 5.41) is 18.7. The zero-order valence-electron chi connectivity index (χ0n) is 10.8. The number of sulfonamides is 1. The molecule has 1 saturated carbocycles. The summed E-state index contributed by atoms with van der Waals surface area (Å²) >= 11 is 2.95. The van der Waals surface area contributed by atoms with Crippen LogP contribution in [0.1, 0.15) is 29.6 Å². The van der Waals surface area contributed by atoms with Gasteiger partial charge in [0.05, 0.1) is 11.2 Å². The second-order valence-corrected chi connectivity index (χ2v) is 7.62. The molecule has 1 fully saturated rings. The topological polar surface area (TPSA) is 104 Å². The number of halogens is 2. The third kappa shape index (κ3) is 3.42. The maximum atomic E-state index is 14.0. The van der Waals surface area contributed by atoms with Crippen LogP contribution in [0.3, 0.4) is 0 Å². The van der Waals surface area contributed by atoms with Gasteiger partial charge in [0, 0.05) is 11.0 Å². The number of aliphatic hydroxyl groups is 1. The Bertz CT molecular complexity index is 687. The molecule has 2 rings (SSSR count). The molecule has 116 valence electrons. The third-order valence-corrected chi connectivity index (χ3v) is 5.26. The lowest BCUT2D eigenvalue weighted by Crippen LogP contribution is -2.47. The normalized spacial score (nSPS) is 17.3. The van der Waals surface area contributed by atoms with Crippen molar-refractivity contribution in [1.82, 2.24) is 4.72 Å². The molecule has 21 heavy (non-hydrogen) atoms. The Morgan fingerprint density at radius 1 is 1.43 bits per heavy atom.